The van der Waals surface area contributed by atoms with Gasteiger partial charge in [-0.05, 0) is 59.8 Å². The van der Waals surface area contributed by atoms with Crippen LogP contribution in [0.1, 0.15) is 36.0 Å². The zero-order chi connectivity index (χ0) is 13.0. The van der Waals surface area contributed by atoms with Gasteiger partial charge in [-0.3, -0.25) is 4.79 Å². The van der Waals surface area contributed by atoms with Crippen molar-refractivity contribution in [1.29, 1.82) is 0 Å². The molecular formula is C14H17BrN2O. The van der Waals surface area contributed by atoms with E-state index in [4.69, 9.17) is 5.73 Å². The summed E-state index contributed by atoms with van der Waals surface area (Å²) in [7, 11) is 0. The Labute approximate surface area is 116 Å². The number of nitrogens with two attached hydrogens (primary N) is 1. The number of allylic oxidation sites excluding steroid dienone is 1. The number of nitrogen functional groups attached to an aromatic ring is 1. The van der Waals surface area contributed by atoms with E-state index < -0.39 is 0 Å². The lowest BCUT2D eigenvalue weighted by Gasteiger charge is -2.08. The molecule has 0 saturated carbocycles. The maximum atomic E-state index is 12.0. The average Bonchev–Trinajstić information content (AvgIpc) is 2.85. The van der Waals surface area contributed by atoms with Crippen LogP contribution in [-0.4, -0.2) is 12.5 Å². The third-order valence-electron chi connectivity index (χ3n) is 3.10. The molecule has 0 saturated heterocycles. The first kappa shape index (κ1) is 13.1. The summed E-state index contributed by atoms with van der Waals surface area (Å²) in [6.45, 7) is 0.686. The van der Waals surface area contributed by atoms with Gasteiger partial charge in [0.25, 0.3) is 5.91 Å². The van der Waals surface area contributed by atoms with Crippen LogP contribution in [0.4, 0.5) is 5.69 Å². The quantitative estimate of drug-likeness (QED) is 0.662. The Morgan fingerprint density at radius 3 is 3.00 bits per heavy atom. The van der Waals surface area contributed by atoms with Gasteiger partial charge < -0.3 is 11.1 Å². The first-order valence-corrected chi connectivity index (χ1v) is 6.97. The minimum Gasteiger partial charge on any atom is -0.399 e. The van der Waals surface area contributed by atoms with Crippen LogP contribution in [0, 0.1) is 0 Å². The molecule has 3 N–H and O–H groups in total. The van der Waals surface area contributed by atoms with Gasteiger partial charge in [0.1, 0.15) is 0 Å². The number of anilines is 1. The van der Waals surface area contributed by atoms with E-state index in [1.807, 2.05) is 0 Å². The standard InChI is InChI=1S/C14H17BrN2O/c15-13-6-5-11(16)9-12(13)14(18)17-8-7-10-3-1-2-4-10/h3,5-6,9H,1-2,4,7-8,16H2,(H,17,18). The topological polar surface area (TPSA) is 55.1 Å². The van der Waals surface area contributed by atoms with E-state index in [-0.39, 0.29) is 5.91 Å². The fourth-order valence-corrected chi connectivity index (χ4v) is 2.54. The van der Waals surface area contributed by atoms with E-state index in [1.165, 1.54) is 24.8 Å². The molecule has 1 aliphatic rings. The highest BCUT2D eigenvalue weighted by Crippen LogP contribution is 2.21. The van der Waals surface area contributed by atoms with Crippen LogP contribution in [0.15, 0.2) is 34.3 Å². The number of benzene rings is 1. The first-order chi connectivity index (χ1) is 8.66. The molecule has 1 amide bonds. The van der Waals surface area contributed by atoms with Gasteiger partial charge >= 0.3 is 0 Å². The van der Waals surface area contributed by atoms with Gasteiger partial charge in [-0.25, -0.2) is 0 Å². The van der Waals surface area contributed by atoms with Crippen molar-refractivity contribution in [3.8, 4) is 0 Å². The SMILES string of the molecule is Nc1ccc(Br)c(C(=O)NCCC2=CCCC2)c1. The molecule has 0 radical (unpaired) electrons. The highest BCUT2D eigenvalue weighted by molar-refractivity contribution is 9.10. The van der Waals surface area contributed by atoms with Crippen molar-refractivity contribution in [2.24, 2.45) is 0 Å². The Bertz CT molecular complexity index is 483. The second kappa shape index (κ2) is 6.05. The van der Waals surface area contributed by atoms with E-state index in [2.05, 4.69) is 27.3 Å². The molecule has 2 rings (SSSR count). The molecule has 96 valence electrons. The van der Waals surface area contributed by atoms with Gasteiger partial charge in [0.15, 0.2) is 0 Å². The van der Waals surface area contributed by atoms with Gasteiger partial charge in [0.05, 0.1) is 5.56 Å². The minimum absolute atomic E-state index is 0.0761. The van der Waals surface area contributed by atoms with E-state index in [9.17, 15) is 4.79 Å². The Hall–Kier alpha value is -1.29. The van der Waals surface area contributed by atoms with Crippen LogP contribution < -0.4 is 11.1 Å². The summed E-state index contributed by atoms with van der Waals surface area (Å²) in [6.07, 6.45) is 6.85. The van der Waals surface area contributed by atoms with Gasteiger partial charge in [0, 0.05) is 16.7 Å². The Kier molecular flexibility index (Phi) is 4.42. The molecule has 0 unspecified atom stereocenters. The lowest BCUT2D eigenvalue weighted by Crippen LogP contribution is -2.25. The maximum absolute atomic E-state index is 12.0. The van der Waals surface area contributed by atoms with E-state index in [0.717, 1.165) is 10.9 Å². The molecule has 1 aliphatic carbocycles. The minimum atomic E-state index is -0.0761. The lowest BCUT2D eigenvalue weighted by molar-refractivity contribution is 0.0953. The molecule has 0 fully saturated rings. The number of hydrogen-bond donors (Lipinski definition) is 2. The molecule has 4 heteroatoms. The van der Waals surface area contributed by atoms with Gasteiger partial charge in [-0.1, -0.05) is 11.6 Å². The van der Waals surface area contributed by atoms with Crippen molar-refractivity contribution < 1.29 is 4.79 Å². The fraction of sp³-hybridized carbons (Fsp3) is 0.357. The average molecular weight is 309 g/mol. The summed E-state index contributed by atoms with van der Waals surface area (Å²) in [4.78, 5) is 12.0. The number of carbonyl (C=O) groups is 1. The molecule has 3 nitrogen and oxygen atoms in total. The van der Waals surface area contributed by atoms with Crippen LogP contribution in [0.2, 0.25) is 0 Å². The van der Waals surface area contributed by atoms with Crippen LogP contribution in [-0.2, 0) is 0 Å². The number of amides is 1. The van der Waals surface area contributed by atoms with Crippen molar-refractivity contribution in [1.82, 2.24) is 5.32 Å². The van der Waals surface area contributed by atoms with Crippen LogP contribution in [0.3, 0.4) is 0 Å². The summed E-state index contributed by atoms with van der Waals surface area (Å²) >= 11 is 3.36. The molecule has 18 heavy (non-hydrogen) atoms. The van der Waals surface area contributed by atoms with Crippen LogP contribution in [0.5, 0.6) is 0 Å². The van der Waals surface area contributed by atoms with E-state index in [1.54, 1.807) is 18.2 Å². The van der Waals surface area contributed by atoms with Crippen molar-refractivity contribution in [3.63, 3.8) is 0 Å². The maximum Gasteiger partial charge on any atom is 0.252 e. The van der Waals surface area contributed by atoms with Crippen molar-refractivity contribution in [2.45, 2.75) is 25.7 Å². The molecule has 0 aliphatic heterocycles. The second-order valence-corrected chi connectivity index (χ2v) is 5.35. The highest BCUT2D eigenvalue weighted by Gasteiger charge is 2.10. The predicted molar refractivity (Wildman–Crippen MR) is 77.4 cm³/mol. The summed E-state index contributed by atoms with van der Waals surface area (Å²) in [5.74, 6) is -0.0761. The van der Waals surface area contributed by atoms with E-state index >= 15 is 0 Å². The normalized spacial score (nSPS) is 14.4. The molecule has 0 aromatic heterocycles. The van der Waals surface area contributed by atoms with Crippen LogP contribution in [0.25, 0.3) is 0 Å². The number of nitrogens with one attached hydrogen (secondary N) is 1. The Morgan fingerprint density at radius 2 is 2.28 bits per heavy atom. The van der Waals surface area contributed by atoms with Crippen molar-refractivity contribution in [3.05, 3.63) is 39.9 Å². The molecular weight excluding hydrogens is 292 g/mol. The third kappa shape index (κ3) is 3.35. The molecule has 0 atom stereocenters. The molecule has 1 aromatic carbocycles. The fourth-order valence-electron chi connectivity index (χ4n) is 2.11. The zero-order valence-corrected chi connectivity index (χ0v) is 11.8. The first-order valence-electron chi connectivity index (χ1n) is 6.18. The Morgan fingerprint density at radius 1 is 1.44 bits per heavy atom. The highest BCUT2D eigenvalue weighted by atomic mass is 79.9. The molecule has 1 aromatic rings. The number of halogens is 1. The predicted octanol–water partition coefficient (Wildman–Crippen LogP) is 3.26. The number of rotatable bonds is 4. The summed E-state index contributed by atoms with van der Waals surface area (Å²) in [5, 5.41) is 2.93. The lowest BCUT2D eigenvalue weighted by atomic mass is 10.1. The summed E-state index contributed by atoms with van der Waals surface area (Å²) < 4.78 is 0.772. The smallest absolute Gasteiger partial charge is 0.252 e. The van der Waals surface area contributed by atoms with Gasteiger partial charge in [-0.2, -0.15) is 0 Å². The van der Waals surface area contributed by atoms with Gasteiger partial charge in [0.2, 0.25) is 0 Å². The largest absolute Gasteiger partial charge is 0.399 e. The van der Waals surface area contributed by atoms with Crippen molar-refractivity contribution in [2.75, 3.05) is 12.3 Å². The van der Waals surface area contributed by atoms with Crippen molar-refractivity contribution >= 4 is 27.5 Å². The second-order valence-electron chi connectivity index (χ2n) is 4.50. The summed E-state index contributed by atoms with van der Waals surface area (Å²) in [5.41, 5.74) is 8.34. The number of hydrogen-bond acceptors (Lipinski definition) is 2. The third-order valence-corrected chi connectivity index (χ3v) is 3.79. The number of carbonyl (C=O) groups excluding carboxylic acids is 1. The summed E-state index contributed by atoms with van der Waals surface area (Å²) in [6, 6.07) is 5.25. The van der Waals surface area contributed by atoms with Crippen LogP contribution >= 0.6 is 15.9 Å². The Balaban J connectivity index is 1.89. The molecule has 0 bridgehead atoms. The van der Waals surface area contributed by atoms with Gasteiger partial charge in [-0.15, -0.1) is 0 Å². The molecule has 0 heterocycles. The zero-order valence-electron chi connectivity index (χ0n) is 10.2. The monoisotopic (exact) mass is 308 g/mol. The molecule has 0 spiro atoms. The van der Waals surface area contributed by atoms with E-state index in [0.29, 0.717) is 17.8 Å².